The molecule has 0 aromatic heterocycles. The second kappa shape index (κ2) is 12.7. The Labute approximate surface area is 265 Å². The third kappa shape index (κ3) is 6.45. The first-order valence-corrected chi connectivity index (χ1v) is 16.0. The number of aliphatic hydroxyl groups is 1. The van der Waals surface area contributed by atoms with Crippen molar-refractivity contribution in [2.45, 2.75) is 89.6 Å². The number of hydrogen-bond acceptors (Lipinski definition) is 7. The number of aliphatic hydroxyl groups excluding tert-OH is 1. The molecule has 4 aliphatic rings. The molecule has 5 rings (SSSR count). The largest absolute Gasteiger partial charge is 0.463 e. The highest BCUT2D eigenvalue weighted by atomic mass is 16.5. The molecule has 1 aromatic carbocycles. The fourth-order valence-corrected chi connectivity index (χ4v) is 7.83. The number of amides is 3. The molecule has 0 aliphatic carbocycles. The monoisotopic (exact) mass is 621 g/mol. The summed E-state index contributed by atoms with van der Waals surface area (Å²) in [7, 11) is 0. The van der Waals surface area contributed by atoms with Gasteiger partial charge in [0.25, 0.3) is 0 Å². The van der Waals surface area contributed by atoms with Crippen molar-refractivity contribution in [3.8, 4) is 0 Å². The van der Waals surface area contributed by atoms with E-state index in [0.29, 0.717) is 12.8 Å². The molecule has 0 unspecified atom stereocenters. The molecule has 2 fully saturated rings. The van der Waals surface area contributed by atoms with Crippen molar-refractivity contribution >= 4 is 23.7 Å². The zero-order valence-corrected chi connectivity index (χ0v) is 27.0. The summed E-state index contributed by atoms with van der Waals surface area (Å²) in [4.78, 5) is 59.3. The molecular formula is C35H47N3O7. The lowest BCUT2D eigenvalue weighted by Crippen LogP contribution is -2.60. The number of rotatable bonds is 6. The Hall–Kier alpha value is -3.50. The van der Waals surface area contributed by atoms with Crippen LogP contribution in [0.25, 0.3) is 0 Å². The number of cyclic esters (lactones) is 1. The average molecular weight is 622 g/mol. The molecule has 4 aliphatic heterocycles. The second-order valence-electron chi connectivity index (χ2n) is 14.5. The van der Waals surface area contributed by atoms with Gasteiger partial charge in [0.05, 0.1) is 24.0 Å². The van der Waals surface area contributed by atoms with Crippen LogP contribution in [0.5, 0.6) is 0 Å². The number of carbonyl (C=O) groups is 4. The highest BCUT2D eigenvalue weighted by Gasteiger charge is 2.73. The highest BCUT2D eigenvalue weighted by Crippen LogP contribution is 2.55. The first kappa shape index (κ1) is 32.9. The summed E-state index contributed by atoms with van der Waals surface area (Å²) in [6.07, 6.45) is 8.23. The topological polar surface area (TPSA) is 125 Å². The number of ether oxygens (including phenoxy) is 2. The van der Waals surface area contributed by atoms with Gasteiger partial charge in [-0.05, 0) is 44.1 Å². The number of nitrogens with one attached hydrogen (secondary N) is 1. The van der Waals surface area contributed by atoms with E-state index in [1.807, 2.05) is 56.3 Å². The minimum Gasteiger partial charge on any atom is -0.463 e. The molecular weight excluding hydrogens is 574 g/mol. The summed E-state index contributed by atoms with van der Waals surface area (Å²) >= 11 is 0. The van der Waals surface area contributed by atoms with E-state index < -0.39 is 47.1 Å². The van der Waals surface area contributed by atoms with E-state index in [2.05, 4.69) is 26.1 Å². The van der Waals surface area contributed by atoms with Crippen LogP contribution in [0.3, 0.4) is 0 Å². The summed E-state index contributed by atoms with van der Waals surface area (Å²) < 4.78 is 12.2. The van der Waals surface area contributed by atoms with E-state index in [1.54, 1.807) is 17.1 Å². The Kier molecular flexibility index (Phi) is 9.29. The van der Waals surface area contributed by atoms with Crippen molar-refractivity contribution < 1.29 is 33.8 Å². The van der Waals surface area contributed by atoms with Crippen molar-refractivity contribution in [3.63, 3.8) is 0 Å². The van der Waals surface area contributed by atoms with E-state index in [9.17, 15) is 24.3 Å². The number of hydrogen-bond donors (Lipinski definition) is 2. The number of allylic oxidation sites excluding steroid dienone is 1. The molecule has 1 aromatic rings. The molecule has 5 bridgehead atoms. The average Bonchev–Trinajstić information content (AvgIpc) is 3.61. The highest BCUT2D eigenvalue weighted by molar-refractivity contribution is 6.00. The molecule has 0 saturated carbocycles. The van der Waals surface area contributed by atoms with Gasteiger partial charge in [-0.3, -0.25) is 19.2 Å². The maximum Gasteiger partial charge on any atom is 0.306 e. The van der Waals surface area contributed by atoms with Gasteiger partial charge < -0.3 is 29.7 Å². The van der Waals surface area contributed by atoms with Crippen LogP contribution in [0.4, 0.5) is 0 Å². The first-order chi connectivity index (χ1) is 21.3. The number of benzene rings is 1. The molecule has 244 valence electrons. The molecule has 1 spiro atoms. The zero-order chi connectivity index (χ0) is 32.6. The van der Waals surface area contributed by atoms with Crippen molar-refractivity contribution in [1.29, 1.82) is 0 Å². The van der Waals surface area contributed by atoms with Crippen LogP contribution in [0.1, 0.15) is 71.9 Å². The molecule has 4 heterocycles. The standard InChI is InChI=1S/C35H47N3O7/c1-33(2,3)22-34(4,5)38-19-11-7-10-15-26(40)44-21-24(23-13-8-6-9-14-23)36-30(41)27-25-16-17-35(45-25)28(27)31(42)37(18-12-20-39)29(35)32(38)43/h6-9,11,13-14,16-17,24-25,27-29,39H,10,12,15,18-22H2,1-5H3,(H,36,41)/b11-7-/t24-,25-,27+,28+,29-,35+/m0/s1. The van der Waals surface area contributed by atoms with Gasteiger partial charge in [0.1, 0.15) is 18.2 Å². The van der Waals surface area contributed by atoms with Crippen molar-refractivity contribution in [1.82, 2.24) is 15.1 Å². The molecule has 3 amide bonds. The van der Waals surface area contributed by atoms with Crippen molar-refractivity contribution in [2.24, 2.45) is 17.3 Å². The summed E-state index contributed by atoms with van der Waals surface area (Å²) in [6, 6.07) is 7.61. The SMILES string of the molecule is CC(C)(C)CC(C)(C)N1C/C=C\CCC(=O)OC[C@@H](c2ccccc2)NC(=O)[C@@H]2[C@@H]3C=C[C@]4(O3)[C@H](C1=O)N(CCCO)C(=O)[C@@H]24. The lowest BCUT2D eigenvalue weighted by atomic mass is 9.73. The van der Waals surface area contributed by atoms with Gasteiger partial charge in [-0.2, -0.15) is 0 Å². The van der Waals surface area contributed by atoms with Crippen molar-refractivity contribution in [3.05, 3.63) is 60.2 Å². The van der Waals surface area contributed by atoms with Gasteiger partial charge >= 0.3 is 5.97 Å². The zero-order valence-electron chi connectivity index (χ0n) is 27.0. The number of carbonyl (C=O) groups excluding carboxylic acids is 4. The van der Waals surface area contributed by atoms with E-state index >= 15 is 0 Å². The predicted molar refractivity (Wildman–Crippen MR) is 167 cm³/mol. The van der Waals surface area contributed by atoms with Gasteiger partial charge in [-0.25, -0.2) is 0 Å². The maximum absolute atomic E-state index is 14.9. The predicted octanol–water partition coefficient (Wildman–Crippen LogP) is 3.31. The number of likely N-dealkylation sites (tertiary alicyclic amines) is 1. The quantitative estimate of drug-likeness (QED) is 0.369. The van der Waals surface area contributed by atoms with Gasteiger partial charge in [-0.15, -0.1) is 0 Å². The fourth-order valence-electron chi connectivity index (χ4n) is 7.83. The Morgan fingerprint density at radius 3 is 2.44 bits per heavy atom. The van der Waals surface area contributed by atoms with Crippen LogP contribution in [0, 0.1) is 17.3 Å². The van der Waals surface area contributed by atoms with Gasteiger partial charge in [0.2, 0.25) is 17.7 Å². The molecule has 0 radical (unpaired) electrons. The summed E-state index contributed by atoms with van der Waals surface area (Å²) in [6.45, 7) is 10.6. The Balaban J connectivity index is 1.58. The third-order valence-electron chi connectivity index (χ3n) is 9.33. The lowest BCUT2D eigenvalue weighted by molar-refractivity contribution is -0.152. The normalized spacial score (nSPS) is 31.6. The maximum atomic E-state index is 14.9. The smallest absolute Gasteiger partial charge is 0.306 e. The minimum absolute atomic E-state index is 0.0609. The van der Waals surface area contributed by atoms with E-state index in [4.69, 9.17) is 9.47 Å². The molecule has 6 atom stereocenters. The van der Waals surface area contributed by atoms with Crippen LogP contribution in [-0.4, -0.2) is 88.2 Å². The number of nitrogens with zero attached hydrogens (tertiary/aromatic N) is 2. The van der Waals surface area contributed by atoms with Crippen LogP contribution < -0.4 is 5.32 Å². The van der Waals surface area contributed by atoms with Gasteiger partial charge in [0.15, 0.2) is 0 Å². The number of fused-ring (bicyclic) bond motifs is 2. The second-order valence-corrected chi connectivity index (χ2v) is 14.5. The van der Waals surface area contributed by atoms with Crippen LogP contribution in [0.15, 0.2) is 54.6 Å². The van der Waals surface area contributed by atoms with Crippen molar-refractivity contribution in [2.75, 3.05) is 26.3 Å². The summed E-state index contributed by atoms with van der Waals surface area (Å²) in [5, 5.41) is 12.8. The third-order valence-corrected chi connectivity index (χ3v) is 9.33. The summed E-state index contributed by atoms with van der Waals surface area (Å²) in [5.74, 6) is -3.19. The van der Waals surface area contributed by atoms with E-state index in [1.165, 1.54) is 4.90 Å². The minimum atomic E-state index is -1.32. The summed E-state index contributed by atoms with van der Waals surface area (Å²) in [5.41, 5.74) is -1.27. The molecule has 2 N–H and O–H groups in total. The molecule has 10 heteroatoms. The van der Waals surface area contributed by atoms with Gasteiger partial charge in [0, 0.05) is 31.7 Å². The Bertz CT molecular complexity index is 1350. The van der Waals surface area contributed by atoms with Crippen LogP contribution in [-0.2, 0) is 28.7 Å². The Morgan fingerprint density at radius 2 is 1.76 bits per heavy atom. The number of esters is 1. The fraction of sp³-hybridized carbons (Fsp3) is 0.600. The van der Waals surface area contributed by atoms with Crippen LogP contribution in [0.2, 0.25) is 0 Å². The first-order valence-electron chi connectivity index (χ1n) is 16.0. The van der Waals surface area contributed by atoms with Crippen LogP contribution >= 0.6 is 0 Å². The lowest BCUT2D eigenvalue weighted by Gasteiger charge is -2.45. The molecule has 10 nitrogen and oxygen atoms in total. The van der Waals surface area contributed by atoms with E-state index in [0.717, 1.165) is 5.56 Å². The Morgan fingerprint density at radius 1 is 1.02 bits per heavy atom. The molecule has 2 saturated heterocycles. The van der Waals surface area contributed by atoms with Gasteiger partial charge in [-0.1, -0.05) is 75.4 Å². The van der Waals surface area contributed by atoms with E-state index in [-0.39, 0.29) is 62.3 Å². The molecule has 45 heavy (non-hydrogen) atoms.